The van der Waals surface area contributed by atoms with E-state index in [0.717, 1.165) is 66.1 Å². The number of hydrogen-bond donors (Lipinski definition) is 1. The lowest BCUT2D eigenvalue weighted by Gasteiger charge is -2.28. The zero-order valence-electron chi connectivity index (χ0n) is 18.6. The Bertz CT molecular complexity index is 1060. The number of para-hydroxylation sites is 1. The van der Waals surface area contributed by atoms with Crippen molar-refractivity contribution in [3.05, 3.63) is 47.4 Å². The lowest BCUT2D eigenvalue weighted by Crippen LogP contribution is -2.32. The van der Waals surface area contributed by atoms with Crippen LogP contribution in [0.5, 0.6) is 0 Å². The van der Waals surface area contributed by atoms with E-state index in [1.165, 1.54) is 6.42 Å². The molecule has 1 aliphatic heterocycles. The van der Waals surface area contributed by atoms with Crippen molar-refractivity contribution in [1.82, 2.24) is 19.9 Å². The highest BCUT2D eigenvalue weighted by Crippen LogP contribution is 2.34. The quantitative estimate of drug-likeness (QED) is 0.588. The molecule has 1 aliphatic rings. The molecule has 0 aliphatic carbocycles. The molecule has 0 saturated carbocycles. The minimum atomic E-state index is -0.243. The number of nitrogens with one attached hydrogen (secondary N) is 1. The van der Waals surface area contributed by atoms with Gasteiger partial charge in [-0.15, -0.1) is 0 Å². The molecule has 1 amide bonds. The number of hydrogen-bond acceptors (Lipinski definition) is 5. The standard InChI is InChI=1S/C24H31N5O2/c1-17-18(2)29(19-11-6-4-7-12-19)23-20(17)22(28-14-8-5-9-15-28)26-21(27-23)24(30)25-13-10-16-31-3/h4,6-7,11-12H,5,8-10,13-16H2,1-3H3,(H,25,30). The first kappa shape index (κ1) is 21.3. The average molecular weight is 422 g/mol. The van der Waals surface area contributed by atoms with E-state index < -0.39 is 0 Å². The van der Waals surface area contributed by atoms with E-state index in [2.05, 4.69) is 40.8 Å². The Balaban J connectivity index is 1.84. The molecule has 3 aromatic rings. The van der Waals surface area contributed by atoms with E-state index in [4.69, 9.17) is 14.7 Å². The monoisotopic (exact) mass is 421 g/mol. The number of benzene rings is 1. The fraction of sp³-hybridized carbons (Fsp3) is 0.458. The van der Waals surface area contributed by atoms with E-state index in [1.54, 1.807) is 7.11 Å². The van der Waals surface area contributed by atoms with Crippen LogP contribution in [0.4, 0.5) is 5.82 Å². The molecule has 7 nitrogen and oxygen atoms in total. The van der Waals surface area contributed by atoms with Gasteiger partial charge < -0.3 is 15.0 Å². The Morgan fingerprint density at radius 3 is 2.55 bits per heavy atom. The van der Waals surface area contributed by atoms with Gasteiger partial charge in [-0.3, -0.25) is 9.36 Å². The van der Waals surface area contributed by atoms with Crippen LogP contribution in [0.2, 0.25) is 0 Å². The lowest BCUT2D eigenvalue weighted by atomic mass is 10.1. The lowest BCUT2D eigenvalue weighted by molar-refractivity contribution is 0.0938. The zero-order valence-corrected chi connectivity index (χ0v) is 18.6. The van der Waals surface area contributed by atoms with Crippen LogP contribution < -0.4 is 10.2 Å². The summed E-state index contributed by atoms with van der Waals surface area (Å²) >= 11 is 0. The van der Waals surface area contributed by atoms with Crippen molar-refractivity contribution in [2.45, 2.75) is 39.5 Å². The van der Waals surface area contributed by atoms with E-state index in [9.17, 15) is 4.79 Å². The third-order valence-electron chi connectivity index (χ3n) is 6.02. The van der Waals surface area contributed by atoms with Crippen molar-refractivity contribution in [2.24, 2.45) is 0 Å². The first-order valence-electron chi connectivity index (χ1n) is 11.1. The van der Waals surface area contributed by atoms with E-state index >= 15 is 0 Å². The van der Waals surface area contributed by atoms with E-state index in [-0.39, 0.29) is 11.7 Å². The SMILES string of the molecule is COCCCNC(=O)c1nc(N2CCCCC2)c2c(C)c(C)n(-c3ccccc3)c2n1. The number of carbonyl (C=O) groups is 1. The van der Waals surface area contributed by atoms with Gasteiger partial charge in [0.15, 0.2) is 5.65 Å². The summed E-state index contributed by atoms with van der Waals surface area (Å²) in [6, 6.07) is 10.2. The van der Waals surface area contributed by atoms with Crippen molar-refractivity contribution in [2.75, 3.05) is 38.3 Å². The summed E-state index contributed by atoms with van der Waals surface area (Å²) in [5.74, 6) is 0.856. The Hall–Kier alpha value is -2.93. The smallest absolute Gasteiger partial charge is 0.289 e. The number of ether oxygens (including phenoxy) is 1. The second-order valence-corrected chi connectivity index (χ2v) is 8.10. The summed E-state index contributed by atoms with van der Waals surface area (Å²) in [7, 11) is 1.66. The molecule has 3 heterocycles. The molecule has 0 radical (unpaired) electrons. The Morgan fingerprint density at radius 1 is 1.10 bits per heavy atom. The van der Waals surface area contributed by atoms with Gasteiger partial charge >= 0.3 is 0 Å². The van der Waals surface area contributed by atoms with Gasteiger partial charge in [-0.25, -0.2) is 9.97 Å². The normalized spacial score (nSPS) is 14.2. The number of anilines is 1. The van der Waals surface area contributed by atoms with Crippen molar-refractivity contribution >= 4 is 22.8 Å². The molecule has 1 N–H and O–H groups in total. The largest absolute Gasteiger partial charge is 0.385 e. The predicted octanol–water partition coefficient (Wildman–Crippen LogP) is 3.79. The number of amides is 1. The molecule has 0 bridgehead atoms. The van der Waals surface area contributed by atoms with Gasteiger partial charge in [0.25, 0.3) is 5.91 Å². The van der Waals surface area contributed by atoms with Crippen LogP contribution in [0.25, 0.3) is 16.7 Å². The molecule has 164 valence electrons. The molecule has 7 heteroatoms. The van der Waals surface area contributed by atoms with Crippen LogP contribution in [-0.4, -0.2) is 53.8 Å². The Kier molecular flexibility index (Phi) is 6.51. The molecular formula is C24H31N5O2. The van der Waals surface area contributed by atoms with E-state index in [1.807, 2.05) is 18.2 Å². The summed E-state index contributed by atoms with van der Waals surface area (Å²) in [6.07, 6.45) is 4.27. The molecule has 0 spiro atoms. The molecule has 0 atom stereocenters. The molecular weight excluding hydrogens is 390 g/mol. The fourth-order valence-electron chi connectivity index (χ4n) is 4.27. The molecule has 31 heavy (non-hydrogen) atoms. The van der Waals surface area contributed by atoms with Gasteiger partial charge in [0, 0.05) is 44.7 Å². The molecule has 4 rings (SSSR count). The van der Waals surface area contributed by atoms with Crippen molar-refractivity contribution in [3.63, 3.8) is 0 Å². The van der Waals surface area contributed by atoms with Crippen LogP contribution in [0.15, 0.2) is 30.3 Å². The fourth-order valence-corrected chi connectivity index (χ4v) is 4.27. The van der Waals surface area contributed by atoms with Gasteiger partial charge in [-0.2, -0.15) is 0 Å². The van der Waals surface area contributed by atoms with Gasteiger partial charge in [0.05, 0.1) is 5.39 Å². The molecule has 2 aromatic heterocycles. The second-order valence-electron chi connectivity index (χ2n) is 8.10. The second kappa shape index (κ2) is 9.47. The number of methoxy groups -OCH3 is 1. The maximum atomic E-state index is 12.9. The topological polar surface area (TPSA) is 72.3 Å². The summed E-state index contributed by atoms with van der Waals surface area (Å²) in [5.41, 5.74) is 4.10. The van der Waals surface area contributed by atoms with Crippen LogP contribution >= 0.6 is 0 Å². The minimum absolute atomic E-state index is 0.222. The first-order valence-corrected chi connectivity index (χ1v) is 11.1. The summed E-state index contributed by atoms with van der Waals surface area (Å²) in [6.45, 7) is 7.28. The van der Waals surface area contributed by atoms with Crippen LogP contribution in [0.1, 0.15) is 47.6 Å². The van der Waals surface area contributed by atoms with Gasteiger partial charge in [0.1, 0.15) is 5.82 Å². The summed E-state index contributed by atoms with van der Waals surface area (Å²) in [5, 5.41) is 3.98. The van der Waals surface area contributed by atoms with Crippen molar-refractivity contribution in [3.8, 4) is 5.69 Å². The van der Waals surface area contributed by atoms with Gasteiger partial charge in [0.2, 0.25) is 5.82 Å². The highest BCUT2D eigenvalue weighted by atomic mass is 16.5. The van der Waals surface area contributed by atoms with Crippen molar-refractivity contribution in [1.29, 1.82) is 0 Å². The third-order valence-corrected chi connectivity index (χ3v) is 6.02. The predicted molar refractivity (Wildman–Crippen MR) is 123 cm³/mol. The van der Waals surface area contributed by atoms with E-state index in [0.29, 0.717) is 13.2 Å². The summed E-state index contributed by atoms with van der Waals surface area (Å²) in [4.78, 5) is 24.8. The minimum Gasteiger partial charge on any atom is -0.385 e. The van der Waals surface area contributed by atoms with Gasteiger partial charge in [-0.1, -0.05) is 18.2 Å². The number of fused-ring (bicyclic) bond motifs is 1. The zero-order chi connectivity index (χ0) is 21.8. The maximum absolute atomic E-state index is 12.9. The number of nitrogens with zero attached hydrogens (tertiary/aromatic N) is 4. The average Bonchev–Trinajstić information content (AvgIpc) is 3.07. The number of aryl methyl sites for hydroxylation is 1. The third kappa shape index (κ3) is 4.28. The van der Waals surface area contributed by atoms with Crippen molar-refractivity contribution < 1.29 is 9.53 Å². The first-order chi connectivity index (χ1) is 15.1. The Labute approximate surface area is 183 Å². The molecule has 1 saturated heterocycles. The summed E-state index contributed by atoms with van der Waals surface area (Å²) < 4.78 is 7.21. The highest BCUT2D eigenvalue weighted by Gasteiger charge is 2.25. The number of piperidine rings is 1. The number of rotatable bonds is 7. The molecule has 1 aromatic carbocycles. The number of aromatic nitrogens is 3. The molecule has 0 unspecified atom stereocenters. The van der Waals surface area contributed by atoms with Gasteiger partial charge in [-0.05, 0) is 57.2 Å². The maximum Gasteiger partial charge on any atom is 0.289 e. The highest BCUT2D eigenvalue weighted by molar-refractivity contribution is 5.98. The van der Waals surface area contributed by atoms with Crippen LogP contribution in [-0.2, 0) is 4.74 Å². The van der Waals surface area contributed by atoms with Crippen LogP contribution in [0, 0.1) is 13.8 Å². The molecule has 1 fully saturated rings. The van der Waals surface area contributed by atoms with Crippen LogP contribution in [0.3, 0.4) is 0 Å². The number of carbonyl (C=O) groups excluding carboxylic acids is 1. The Morgan fingerprint density at radius 2 is 1.84 bits per heavy atom.